The van der Waals surface area contributed by atoms with Crippen LogP contribution in [0.2, 0.25) is 0 Å². The van der Waals surface area contributed by atoms with Crippen molar-refractivity contribution in [1.29, 1.82) is 0 Å². The maximum absolute atomic E-state index is 6.32. The van der Waals surface area contributed by atoms with Gasteiger partial charge in [0.2, 0.25) is 0 Å². The summed E-state index contributed by atoms with van der Waals surface area (Å²) in [6, 6.07) is 8.03. The number of benzene rings is 1. The Kier molecular flexibility index (Phi) is 5.83. The Bertz CT molecular complexity index is 385. The Morgan fingerprint density at radius 2 is 1.89 bits per heavy atom. The van der Waals surface area contributed by atoms with Crippen LogP contribution in [0.3, 0.4) is 0 Å². The molecule has 1 aromatic carbocycles. The Hall–Kier alpha value is -1.06. The fourth-order valence-electron chi connectivity index (χ4n) is 2.38. The zero-order valence-electron chi connectivity index (χ0n) is 12.9. The van der Waals surface area contributed by atoms with Gasteiger partial charge in [-0.1, -0.05) is 39.0 Å². The Morgan fingerprint density at radius 3 is 2.47 bits per heavy atom. The van der Waals surface area contributed by atoms with Gasteiger partial charge in [0.1, 0.15) is 5.75 Å². The van der Waals surface area contributed by atoms with Gasteiger partial charge >= 0.3 is 0 Å². The minimum atomic E-state index is -0.0184. The van der Waals surface area contributed by atoms with Crippen molar-refractivity contribution in [2.24, 2.45) is 11.1 Å². The minimum Gasteiger partial charge on any atom is -0.494 e. The second-order valence-electron chi connectivity index (χ2n) is 6.33. The molecule has 108 valence electrons. The van der Waals surface area contributed by atoms with Crippen LogP contribution in [-0.4, -0.2) is 31.6 Å². The molecule has 0 fully saturated rings. The molecular formula is C16H28N2O. The monoisotopic (exact) mass is 264 g/mol. The maximum atomic E-state index is 6.32. The number of para-hydroxylation sites is 1. The molecule has 0 saturated carbocycles. The number of nitrogens with two attached hydrogens (primary N) is 1. The molecule has 0 aliphatic carbocycles. The first-order valence-corrected chi connectivity index (χ1v) is 6.99. The van der Waals surface area contributed by atoms with E-state index in [0.717, 1.165) is 24.4 Å². The van der Waals surface area contributed by atoms with Crippen molar-refractivity contribution in [2.45, 2.75) is 33.7 Å². The number of hydrogen-bond donors (Lipinski definition) is 1. The van der Waals surface area contributed by atoms with Crippen molar-refractivity contribution in [3.8, 4) is 5.75 Å². The summed E-state index contributed by atoms with van der Waals surface area (Å²) in [6.45, 7) is 11.2. The Balaban J connectivity index is 2.69. The summed E-state index contributed by atoms with van der Waals surface area (Å²) in [5.74, 6) is 0.904. The van der Waals surface area contributed by atoms with Crippen molar-refractivity contribution < 1.29 is 4.74 Å². The van der Waals surface area contributed by atoms with Crippen LogP contribution in [-0.2, 0) is 0 Å². The van der Waals surface area contributed by atoms with Crippen LogP contribution in [0.15, 0.2) is 24.3 Å². The molecule has 19 heavy (non-hydrogen) atoms. The number of rotatable bonds is 6. The normalized spacial score (nSPS) is 13.6. The van der Waals surface area contributed by atoms with Crippen LogP contribution in [0.5, 0.6) is 5.75 Å². The molecule has 1 rings (SSSR count). The van der Waals surface area contributed by atoms with Gasteiger partial charge in [-0.25, -0.2) is 0 Å². The molecule has 1 atom stereocenters. The SMILES string of the molecule is CCOc1ccccc1C(N)CN(C)CC(C)(C)C. The third-order valence-electron chi connectivity index (χ3n) is 2.87. The van der Waals surface area contributed by atoms with Crippen LogP contribution in [0.4, 0.5) is 0 Å². The zero-order chi connectivity index (χ0) is 14.5. The number of ether oxygens (including phenoxy) is 1. The summed E-state index contributed by atoms with van der Waals surface area (Å²) in [5, 5.41) is 0. The lowest BCUT2D eigenvalue weighted by molar-refractivity contribution is 0.216. The summed E-state index contributed by atoms with van der Waals surface area (Å²) in [7, 11) is 2.12. The van der Waals surface area contributed by atoms with E-state index >= 15 is 0 Å². The molecule has 0 spiro atoms. The molecule has 0 heterocycles. The van der Waals surface area contributed by atoms with Crippen molar-refractivity contribution in [2.75, 3.05) is 26.7 Å². The molecule has 2 N–H and O–H groups in total. The predicted molar refractivity (Wildman–Crippen MR) is 81.5 cm³/mol. The number of likely N-dealkylation sites (N-methyl/N-ethyl adjacent to an activating group) is 1. The molecule has 0 saturated heterocycles. The lowest BCUT2D eigenvalue weighted by atomic mass is 9.96. The van der Waals surface area contributed by atoms with Gasteiger partial charge in [0.15, 0.2) is 0 Å². The molecule has 3 heteroatoms. The van der Waals surface area contributed by atoms with Crippen LogP contribution in [0.25, 0.3) is 0 Å². The largest absolute Gasteiger partial charge is 0.494 e. The van der Waals surface area contributed by atoms with Crippen molar-refractivity contribution in [3.63, 3.8) is 0 Å². The van der Waals surface area contributed by atoms with E-state index in [0.29, 0.717) is 6.61 Å². The zero-order valence-corrected chi connectivity index (χ0v) is 12.9. The van der Waals surface area contributed by atoms with Gasteiger partial charge in [-0.15, -0.1) is 0 Å². The van der Waals surface area contributed by atoms with E-state index in [1.165, 1.54) is 0 Å². The lowest BCUT2D eigenvalue weighted by Gasteiger charge is -2.29. The summed E-state index contributed by atoms with van der Waals surface area (Å²) >= 11 is 0. The van der Waals surface area contributed by atoms with E-state index < -0.39 is 0 Å². The van der Waals surface area contributed by atoms with Gasteiger partial charge in [-0.3, -0.25) is 0 Å². The van der Waals surface area contributed by atoms with Gasteiger partial charge in [-0.2, -0.15) is 0 Å². The van der Waals surface area contributed by atoms with Crippen molar-refractivity contribution >= 4 is 0 Å². The van der Waals surface area contributed by atoms with E-state index in [1.54, 1.807) is 0 Å². The summed E-state index contributed by atoms with van der Waals surface area (Å²) in [5.41, 5.74) is 7.70. The van der Waals surface area contributed by atoms with Crippen molar-refractivity contribution in [1.82, 2.24) is 4.90 Å². The molecular weight excluding hydrogens is 236 g/mol. The average Bonchev–Trinajstić information content (AvgIpc) is 2.27. The smallest absolute Gasteiger partial charge is 0.124 e. The van der Waals surface area contributed by atoms with Crippen LogP contribution in [0, 0.1) is 5.41 Å². The molecule has 1 unspecified atom stereocenters. The Morgan fingerprint density at radius 1 is 1.26 bits per heavy atom. The summed E-state index contributed by atoms with van der Waals surface area (Å²) in [4.78, 5) is 2.29. The van der Waals surface area contributed by atoms with Gasteiger partial charge in [0, 0.05) is 24.7 Å². The molecule has 0 amide bonds. The predicted octanol–water partition coefficient (Wildman–Crippen LogP) is 3.06. The maximum Gasteiger partial charge on any atom is 0.124 e. The molecule has 3 nitrogen and oxygen atoms in total. The average molecular weight is 264 g/mol. The third-order valence-corrected chi connectivity index (χ3v) is 2.87. The molecule has 0 aromatic heterocycles. The second-order valence-corrected chi connectivity index (χ2v) is 6.33. The standard InChI is InChI=1S/C16H28N2O/c1-6-19-15-10-8-7-9-13(15)14(17)11-18(5)12-16(2,3)4/h7-10,14H,6,11-12,17H2,1-5H3. The summed E-state index contributed by atoms with van der Waals surface area (Å²) in [6.07, 6.45) is 0. The fourth-order valence-corrected chi connectivity index (χ4v) is 2.38. The minimum absolute atomic E-state index is 0.0184. The van der Waals surface area contributed by atoms with Gasteiger partial charge in [-0.05, 0) is 25.5 Å². The molecule has 0 bridgehead atoms. The molecule has 0 aliphatic rings. The molecule has 1 aromatic rings. The van der Waals surface area contributed by atoms with E-state index in [2.05, 4.69) is 38.8 Å². The topological polar surface area (TPSA) is 38.5 Å². The highest BCUT2D eigenvalue weighted by Crippen LogP contribution is 2.25. The first-order chi connectivity index (χ1) is 8.83. The first-order valence-electron chi connectivity index (χ1n) is 6.99. The Labute approximate surface area is 117 Å². The number of nitrogens with zero attached hydrogens (tertiary/aromatic N) is 1. The third kappa shape index (κ3) is 5.62. The van der Waals surface area contributed by atoms with E-state index in [-0.39, 0.29) is 11.5 Å². The summed E-state index contributed by atoms with van der Waals surface area (Å²) < 4.78 is 5.64. The molecule has 0 aliphatic heterocycles. The van der Waals surface area contributed by atoms with Crippen LogP contribution < -0.4 is 10.5 Å². The highest BCUT2D eigenvalue weighted by molar-refractivity contribution is 5.35. The quantitative estimate of drug-likeness (QED) is 0.858. The van der Waals surface area contributed by atoms with Gasteiger partial charge < -0.3 is 15.4 Å². The van der Waals surface area contributed by atoms with Crippen LogP contribution in [0.1, 0.15) is 39.3 Å². The highest BCUT2D eigenvalue weighted by atomic mass is 16.5. The fraction of sp³-hybridized carbons (Fsp3) is 0.625. The lowest BCUT2D eigenvalue weighted by Crippen LogP contribution is -2.35. The first kappa shape index (κ1) is 16.0. The van der Waals surface area contributed by atoms with Crippen LogP contribution >= 0.6 is 0 Å². The van der Waals surface area contributed by atoms with Gasteiger partial charge in [0.25, 0.3) is 0 Å². The second kappa shape index (κ2) is 6.92. The van der Waals surface area contributed by atoms with E-state index in [9.17, 15) is 0 Å². The van der Waals surface area contributed by atoms with Crippen molar-refractivity contribution in [3.05, 3.63) is 29.8 Å². The van der Waals surface area contributed by atoms with E-state index in [4.69, 9.17) is 10.5 Å². The van der Waals surface area contributed by atoms with E-state index in [1.807, 2.05) is 25.1 Å². The number of hydrogen-bond acceptors (Lipinski definition) is 3. The molecule has 0 radical (unpaired) electrons. The van der Waals surface area contributed by atoms with Gasteiger partial charge in [0.05, 0.1) is 6.61 Å². The highest BCUT2D eigenvalue weighted by Gasteiger charge is 2.18.